The molecule has 0 saturated carbocycles. The number of methoxy groups -OCH3 is 2. The molecule has 1 fully saturated rings. The van der Waals surface area contributed by atoms with E-state index >= 15 is 0 Å². The Hall–Kier alpha value is -4.51. The van der Waals surface area contributed by atoms with Gasteiger partial charge in [-0.2, -0.15) is 0 Å². The summed E-state index contributed by atoms with van der Waals surface area (Å²) >= 11 is 0. The Balaban J connectivity index is 1.37. The van der Waals surface area contributed by atoms with E-state index in [0.717, 1.165) is 28.2 Å². The number of H-pyrrole nitrogens is 1. The molecule has 10 nitrogen and oxygen atoms in total. The fourth-order valence-corrected chi connectivity index (χ4v) is 5.39. The van der Waals surface area contributed by atoms with E-state index in [1.54, 1.807) is 18.8 Å². The minimum atomic E-state index is -1.04. The monoisotopic (exact) mass is 554 g/mol. The summed E-state index contributed by atoms with van der Waals surface area (Å²) in [5, 5.41) is 11.1. The molecule has 41 heavy (non-hydrogen) atoms. The predicted octanol–water partition coefficient (Wildman–Crippen LogP) is 3.79. The van der Waals surface area contributed by atoms with Crippen molar-refractivity contribution in [1.82, 2.24) is 19.5 Å². The minimum absolute atomic E-state index is 0.0747. The molecule has 2 aromatic heterocycles. The summed E-state index contributed by atoms with van der Waals surface area (Å²) in [7, 11) is 3.26. The van der Waals surface area contributed by atoms with Gasteiger partial charge in [-0.25, -0.2) is 9.97 Å². The Morgan fingerprint density at radius 1 is 0.927 bits per heavy atom. The van der Waals surface area contributed by atoms with Gasteiger partial charge in [-0.05, 0) is 41.0 Å². The number of fused-ring (bicyclic) bond motifs is 1. The number of hydrogen-bond acceptors (Lipinski definition) is 8. The Bertz CT molecular complexity index is 1620. The smallest absolute Gasteiger partial charge is 0.278 e. The zero-order valence-corrected chi connectivity index (χ0v) is 22.6. The summed E-state index contributed by atoms with van der Waals surface area (Å²) in [6, 6.07) is 25.4. The molecule has 5 aromatic rings. The second-order valence-electron chi connectivity index (χ2n) is 9.80. The van der Waals surface area contributed by atoms with Crippen LogP contribution in [0.3, 0.4) is 0 Å². The number of aromatic amines is 1. The lowest BCUT2D eigenvalue weighted by molar-refractivity contribution is -0.0931. The van der Waals surface area contributed by atoms with Gasteiger partial charge >= 0.3 is 0 Å². The maximum absolute atomic E-state index is 12.1. The third-order valence-electron chi connectivity index (χ3n) is 7.52. The van der Waals surface area contributed by atoms with Crippen molar-refractivity contribution in [3.63, 3.8) is 0 Å². The first kappa shape index (κ1) is 26.7. The number of aliphatic hydroxyl groups is 1. The van der Waals surface area contributed by atoms with Crippen LogP contribution >= 0.6 is 0 Å². The van der Waals surface area contributed by atoms with Crippen LogP contribution in [0.4, 0.5) is 0 Å². The van der Waals surface area contributed by atoms with Gasteiger partial charge < -0.3 is 29.0 Å². The van der Waals surface area contributed by atoms with Crippen LogP contribution in [0.1, 0.15) is 29.3 Å². The number of hydrogen-bond donors (Lipinski definition) is 2. The van der Waals surface area contributed by atoms with Crippen LogP contribution in [0.15, 0.2) is 96.3 Å². The van der Waals surface area contributed by atoms with Gasteiger partial charge in [0.1, 0.15) is 29.4 Å². The van der Waals surface area contributed by atoms with Crippen molar-refractivity contribution >= 4 is 11.2 Å². The highest BCUT2D eigenvalue weighted by molar-refractivity contribution is 5.68. The van der Waals surface area contributed by atoms with Gasteiger partial charge in [-0.15, -0.1) is 0 Å². The van der Waals surface area contributed by atoms with Crippen LogP contribution in [0.5, 0.6) is 11.5 Å². The number of benzene rings is 3. The van der Waals surface area contributed by atoms with Gasteiger partial charge in [-0.1, -0.05) is 54.6 Å². The van der Waals surface area contributed by atoms with Crippen molar-refractivity contribution in [3.05, 3.63) is 119 Å². The molecule has 1 aliphatic heterocycles. The topological polar surface area (TPSA) is 121 Å². The fourth-order valence-electron chi connectivity index (χ4n) is 5.39. The van der Waals surface area contributed by atoms with Gasteiger partial charge in [0.25, 0.3) is 5.56 Å². The van der Waals surface area contributed by atoms with E-state index < -0.39 is 24.0 Å². The van der Waals surface area contributed by atoms with Crippen molar-refractivity contribution in [2.45, 2.75) is 30.5 Å². The average Bonchev–Trinajstić information content (AvgIpc) is 3.62. The molecule has 1 aliphatic rings. The van der Waals surface area contributed by atoms with E-state index in [4.69, 9.17) is 18.9 Å². The highest BCUT2D eigenvalue weighted by Crippen LogP contribution is 2.42. The van der Waals surface area contributed by atoms with Crippen molar-refractivity contribution in [2.24, 2.45) is 0 Å². The predicted molar refractivity (Wildman–Crippen MR) is 151 cm³/mol. The molecule has 0 unspecified atom stereocenters. The summed E-state index contributed by atoms with van der Waals surface area (Å²) < 4.78 is 25.7. The lowest BCUT2D eigenvalue weighted by atomic mass is 9.80. The maximum Gasteiger partial charge on any atom is 0.278 e. The second-order valence-corrected chi connectivity index (χ2v) is 9.80. The van der Waals surface area contributed by atoms with Crippen LogP contribution in [0.2, 0.25) is 0 Å². The summed E-state index contributed by atoms with van der Waals surface area (Å²) in [4.78, 5) is 23.1. The lowest BCUT2D eigenvalue weighted by Gasteiger charge is -2.37. The summed E-state index contributed by atoms with van der Waals surface area (Å²) in [6.07, 6.45) is 1.09. The first-order valence-corrected chi connectivity index (χ1v) is 13.3. The molecular weight excluding hydrogens is 524 g/mol. The largest absolute Gasteiger partial charge is 0.497 e. The molecule has 6 rings (SSSR count). The first-order chi connectivity index (χ1) is 20.0. The number of imidazole rings is 1. The molecule has 10 heteroatoms. The number of aromatic nitrogens is 4. The normalized spacial score (nSPS) is 19.0. The molecule has 0 aliphatic carbocycles. The van der Waals surface area contributed by atoms with E-state index in [0.29, 0.717) is 5.65 Å². The number of rotatable bonds is 9. The van der Waals surface area contributed by atoms with Gasteiger partial charge in [0.2, 0.25) is 0 Å². The first-order valence-electron chi connectivity index (χ1n) is 13.3. The molecule has 3 heterocycles. The van der Waals surface area contributed by atoms with Crippen molar-refractivity contribution in [1.29, 1.82) is 0 Å². The fraction of sp³-hybridized carbons (Fsp3) is 0.258. The highest BCUT2D eigenvalue weighted by atomic mass is 16.6. The van der Waals surface area contributed by atoms with Crippen molar-refractivity contribution in [3.8, 4) is 11.5 Å². The Labute approximate surface area is 236 Å². The molecule has 3 atom stereocenters. The van der Waals surface area contributed by atoms with E-state index in [9.17, 15) is 9.90 Å². The Morgan fingerprint density at radius 2 is 1.54 bits per heavy atom. The molecule has 1 saturated heterocycles. The van der Waals surface area contributed by atoms with Gasteiger partial charge in [-0.3, -0.25) is 9.36 Å². The number of nitrogens with one attached hydrogen (secondary N) is 1. The molecule has 0 spiro atoms. The third-order valence-corrected chi connectivity index (χ3v) is 7.52. The van der Waals surface area contributed by atoms with Crippen LogP contribution < -0.4 is 15.0 Å². The third kappa shape index (κ3) is 4.86. The van der Waals surface area contributed by atoms with Crippen LogP contribution in [-0.4, -0.2) is 57.7 Å². The standard InChI is InChI=1S/C31H30N4O6/c1-38-23-12-8-21(9-13-23)31(20-6-4-3-5-7-20,22-10-14-24(39-2)15-11-22)40-17-26-25(36)16-27(41-26)35-19-34-28-29(35)32-18-33-30(28)37/h3-15,18-19,25-27,36H,16-17H2,1-2H3,(H,32,33,37)/t25-,26+,27+/m1/s1. The van der Waals surface area contributed by atoms with Gasteiger partial charge in [0, 0.05) is 6.42 Å². The van der Waals surface area contributed by atoms with E-state index in [-0.39, 0.29) is 24.1 Å². The maximum atomic E-state index is 12.1. The minimum Gasteiger partial charge on any atom is -0.497 e. The van der Waals surface area contributed by atoms with Gasteiger partial charge in [0.05, 0.1) is 39.6 Å². The second kappa shape index (κ2) is 11.2. The number of nitrogens with zero attached hydrogens (tertiary/aromatic N) is 3. The Kier molecular flexibility index (Phi) is 7.27. The van der Waals surface area contributed by atoms with E-state index in [1.807, 2.05) is 78.9 Å². The van der Waals surface area contributed by atoms with E-state index in [2.05, 4.69) is 15.0 Å². The lowest BCUT2D eigenvalue weighted by Crippen LogP contribution is -2.38. The highest BCUT2D eigenvalue weighted by Gasteiger charge is 2.42. The van der Waals surface area contributed by atoms with Crippen molar-refractivity contribution < 1.29 is 24.1 Å². The van der Waals surface area contributed by atoms with E-state index in [1.165, 1.54) is 12.7 Å². The van der Waals surface area contributed by atoms with Crippen LogP contribution in [0, 0.1) is 0 Å². The molecule has 210 valence electrons. The molecule has 0 radical (unpaired) electrons. The molecule has 2 N–H and O–H groups in total. The summed E-state index contributed by atoms with van der Waals surface area (Å²) in [5.74, 6) is 1.45. The van der Waals surface area contributed by atoms with Crippen molar-refractivity contribution in [2.75, 3.05) is 20.8 Å². The quantitative estimate of drug-likeness (QED) is 0.264. The SMILES string of the molecule is COc1ccc(C(OC[C@@H]2O[C@H](n3cnc4c(=O)[nH]cnc43)C[C@H]2O)(c2ccccc2)c2ccc(OC)cc2)cc1. The molecule has 0 bridgehead atoms. The van der Waals surface area contributed by atoms with Gasteiger partial charge in [0.15, 0.2) is 11.2 Å². The Morgan fingerprint density at radius 3 is 2.15 bits per heavy atom. The molecular formula is C31H30N4O6. The molecule has 3 aromatic carbocycles. The number of ether oxygens (including phenoxy) is 4. The summed E-state index contributed by atoms with van der Waals surface area (Å²) in [6.45, 7) is 0.0747. The average molecular weight is 555 g/mol. The van der Waals surface area contributed by atoms with Crippen LogP contribution in [0.25, 0.3) is 11.2 Å². The number of aliphatic hydroxyl groups excluding tert-OH is 1. The van der Waals surface area contributed by atoms with Crippen LogP contribution in [-0.2, 0) is 15.1 Å². The zero-order valence-electron chi connectivity index (χ0n) is 22.6. The molecule has 0 amide bonds. The zero-order chi connectivity index (χ0) is 28.4. The summed E-state index contributed by atoms with van der Waals surface area (Å²) in [5.41, 5.74) is 1.89.